The van der Waals surface area contributed by atoms with Crippen LogP contribution in [0.1, 0.15) is 59.0 Å². The summed E-state index contributed by atoms with van der Waals surface area (Å²) in [5.41, 5.74) is 1.70. The van der Waals surface area contributed by atoms with Crippen LogP contribution in [-0.4, -0.2) is 43.1 Å². The van der Waals surface area contributed by atoms with Crippen LogP contribution in [0.15, 0.2) is 18.2 Å². The van der Waals surface area contributed by atoms with Crippen molar-refractivity contribution >= 4 is 23.2 Å². The molecular formula is C23H31N3O4S. The number of hydrogen-bond donors (Lipinski definition) is 2. The molecular weight excluding hydrogens is 414 g/mol. The average molecular weight is 446 g/mol. The number of nitrogens with one attached hydrogen (secondary N) is 2. The van der Waals surface area contributed by atoms with Crippen molar-refractivity contribution in [1.29, 1.82) is 0 Å². The van der Waals surface area contributed by atoms with Crippen LogP contribution in [0.25, 0.3) is 0 Å². The van der Waals surface area contributed by atoms with E-state index in [9.17, 15) is 9.59 Å². The van der Waals surface area contributed by atoms with Gasteiger partial charge in [-0.05, 0) is 64.2 Å². The van der Waals surface area contributed by atoms with E-state index in [1.807, 2.05) is 25.2 Å². The van der Waals surface area contributed by atoms with Gasteiger partial charge in [0.25, 0.3) is 5.91 Å². The fourth-order valence-electron chi connectivity index (χ4n) is 3.50. The summed E-state index contributed by atoms with van der Waals surface area (Å²) >= 11 is 1.81. The highest BCUT2D eigenvalue weighted by molar-refractivity contribution is 7.11. The molecule has 0 spiro atoms. The molecule has 0 atom stereocenters. The third-order valence-corrected chi connectivity index (χ3v) is 6.21. The molecule has 1 heterocycles. The summed E-state index contributed by atoms with van der Waals surface area (Å²) in [4.78, 5) is 30.6. The van der Waals surface area contributed by atoms with Crippen molar-refractivity contribution in [2.24, 2.45) is 0 Å². The third kappa shape index (κ3) is 6.69. The predicted octanol–water partition coefficient (Wildman–Crippen LogP) is 3.30. The number of rotatable bonds is 11. The summed E-state index contributed by atoms with van der Waals surface area (Å²) in [6.45, 7) is 5.24. The van der Waals surface area contributed by atoms with Crippen molar-refractivity contribution in [3.63, 3.8) is 0 Å². The monoisotopic (exact) mass is 445 g/mol. The topological polar surface area (TPSA) is 89.5 Å². The van der Waals surface area contributed by atoms with Gasteiger partial charge < -0.3 is 20.1 Å². The van der Waals surface area contributed by atoms with Gasteiger partial charge in [-0.2, -0.15) is 0 Å². The van der Waals surface area contributed by atoms with Gasteiger partial charge in [0, 0.05) is 23.4 Å². The van der Waals surface area contributed by atoms with E-state index in [0.29, 0.717) is 36.8 Å². The minimum absolute atomic E-state index is 0.0679. The lowest BCUT2D eigenvalue weighted by Crippen LogP contribution is -2.37. The van der Waals surface area contributed by atoms with Crippen LogP contribution in [0.5, 0.6) is 11.5 Å². The first-order valence-corrected chi connectivity index (χ1v) is 11.8. The second kappa shape index (κ2) is 11.7. The van der Waals surface area contributed by atoms with Crippen LogP contribution in [-0.2, 0) is 24.1 Å². The Labute approximate surface area is 187 Å². The molecule has 8 heteroatoms. The molecule has 1 aliphatic rings. The van der Waals surface area contributed by atoms with Crippen molar-refractivity contribution in [3.8, 4) is 11.5 Å². The van der Waals surface area contributed by atoms with Gasteiger partial charge in [0.15, 0.2) is 11.5 Å². The highest BCUT2D eigenvalue weighted by Crippen LogP contribution is 2.29. The van der Waals surface area contributed by atoms with E-state index in [1.54, 1.807) is 18.2 Å². The highest BCUT2D eigenvalue weighted by Gasteiger charge is 2.15. The number of amides is 2. The standard InChI is InChI=1S/C23H31N3O4S/c1-3-29-18-12-11-16(14-19(18)30-4-2)23(28)25-15-21(27)24-13-7-10-22-26-17-8-5-6-9-20(17)31-22/h11-12,14H,3-10,13,15H2,1-2H3,(H,24,27)(H,25,28). The molecule has 0 saturated heterocycles. The van der Waals surface area contributed by atoms with E-state index < -0.39 is 0 Å². The van der Waals surface area contributed by atoms with Crippen molar-refractivity contribution in [1.82, 2.24) is 15.6 Å². The number of hydrogen-bond acceptors (Lipinski definition) is 6. The Hall–Kier alpha value is -2.61. The largest absolute Gasteiger partial charge is 0.490 e. The van der Waals surface area contributed by atoms with Crippen LogP contribution in [0.3, 0.4) is 0 Å². The van der Waals surface area contributed by atoms with Crippen molar-refractivity contribution < 1.29 is 19.1 Å². The molecule has 168 valence electrons. The Morgan fingerprint density at radius 1 is 1.06 bits per heavy atom. The Bertz CT molecular complexity index is 873. The SMILES string of the molecule is CCOc1ccc(C(=O)NCC(=O)NCCCc2nc3c(s2)CCCC3)cc1OCC. The molecule has 1 aromatic heterocycles. The molecule has 1 aliphatic carbocycles. The first kappa shape index (κ1) is 23.1. The van der Waals surface area contributed by atoms with E-state index in [1.165, 1.54) is 23.4 Å². The minimum Gasteiger partial charge on any atom is -0.490 e. The van der Waals surface area contributed by atoms with Crippen LogP contribution in [0.2, 0.25) is 0 Å². The smallest absolute Gasteiger partial charge is 0.251 e. The maximum atomic E-state index is 12.4. The summed E-state index contributed by atoms with van der Waals surface area (Å²) in [6, 6.07) is 5.00. The predicted molar refractivity (Wildman–Crippen MR) is 121 cm³/mol. The fraction of sp³-hybridized carbons (Fsp3) is 0.522. The molecule has 1 aromatic carbocycles. The first-order valence-electron chi connectivity index (χ1n) is 11.0. The lowest BCUT2D eigenvalue weighted by atomic mass is 10.0. The van der Waals surface area contributed by atoms with Crippen molar-refractivity contribution in [2.45, 2.75) is 52.4 Å². The van der Waals surface area contributed by atoms with Crippen LogP contribution in [0, 0.1) is 0 Å². The lowest BCUT2D eigenvalue weighted by Gasteiger charge is -2.12. The number of thiazole rings is 1. The number of carbonyl (C=O) groups excluding carboxylic acids is 2. The number of ether oxygens (including phenoxy) is 2. The summed E-state index contributed by atoms with van der Waals surface area (Å²) in [5, 5.41) is 6.67. The molecule has 2 amide bonds. The zero-order chi connectivity index (χ0) is 22.1. The number of carbonyl (C=O) groups is 2. The van der Waals surface area contributed by atoms with Crippen molar-refractivity contribution in [3.05, 3.63) is 39.3 Å². The number of fused-ring (bicyclic) bond motifs is 1. The lowest BCUT2D eigenvalue weighted by molar-refractivity contribution is -0.120. The van der Waals surface area contributed by atoms with E-state index in [0.717, 1.165) is 30.7 Å². The van der Waals surface area contributed by atoms with Crippen molar-refractivity contribution in [2.75, 3.05) is 26.3 Å². The quantitative estimate of drug-likeness (QED) is 0.518. The summed E-state index contributed by atoms with van der Waals surface area (Å²) in [6.07, 6.45) is 6.47. The molecule has 31 heavy (non-hydrogen) atoms. The van der Waals surface area contributed by atoms with Gasteiger partial charge in [-0.3, -0.25) is 9.59 Å². The van der Waals surface area contributed by atoms with Gasteiger partial charge in [-0.15, -0.1) is 11.3 Å². The Balaban J connectivity index is 1.39. The second-order valence-electron chi connectivity index (χ2n) is 7.35. The molecule has 3 rings (SSSR count). The summed E-state index contributed by atoms with van der Waals surface area (Å²) in [5.74, 6) is 0.584. The fourth-order valence-corrected chi connectivity index (χ4v) is 4.70. The number of benzene rings is 1. The number of aryl methyl sites for hydroxylation is 3. The summed E-state index contributed by atoms with van der Waals surface area (Å²) < 4.78 is 11.1. The Morgan fingerprint density at radius 3 is 2.61 bits per heavy atom. The van der Waals surface area contributed by atoms with E-state index in [-0.39, 0.29) is 18.4 Å². The molecule has 0 bridgehead atoms. The average Bonchev–Trinajstić information content (AvgIpc) is 3.19. The van der Waals surface area contributed by atoms with Crippen LogP contribution < -0.4 is 20.1 Å². The molecule has 0 saturated carbocycles. The van der Waals surface area contributed by atoms with Gasteiger partial charge in [-0.1, -0.05) is 0 Å². The number of nitrogens with zero attached hydrogens (tertiary/aromatic N) is 1. The van der Waals surface area contributed by atoms with Crippen LogP contribution >= 0.6 is 11.3 Å². The molecule has 0 radical (unpaired) electrons. The Kier molecular flexibility index (Phi) is 8.70. The van der Waals surface area contributed by atoms with Gasteiger partial charge >= 0.3 is 0 Å². The summed E-state index contributed by atoms with van der Waals surface area (Å²) in [7, 11) is 0. The Morgan fingerprint density at radius 2 is 1.84 bits per heavy atom. The second-order valence-corrected chi connectivity index (χ2v) is 8.52. The molecule has 7 nitrogen and oxygen atoms in total. The molecule has 0 aliphatic heterocycles. The minimum atomic E-state index is -0.326. The molecule has 2 aromatic rings. The maximum Gasteiger partial charge on any atom is 0.251 e. The third-order valence-electron chi connectivity index (χ3n) is 4.99. The zero-order valence-corrected chi connectivity index (χ0v) is 19.1. The van der Waals surface area contributed by atoms with E-state index in [2.05, 4.69) is 10.6 Å². The van der Waals surface area contributed by atoms with E-state index >= 15 is 0 Å². The normalized spacial score (nSPS) is 12.7. The number of aromatic nitrogens is 1. The van der Waals surface area contributed by atoms with Gasteiger partial charge in [-0.25, -0.2) is 4.98 Å². The molecule has 0 fully saturated rings. The highest BCUT2D eigenvalue weighted by atomic mass is 32.1. The van der Waals surface area contributed by atoms with Gasteiger partial charge in [0.2, 0.25) is 5.91 Å². The van der Waals surface area contributed by atoms with Crippen LogP contribution in [0.4, 0.5) is 0 Å². The first-order chi connectivity index (χ1) is 15.1. The van der Waals surface area contributed by atoms with Gasteiger partial charge in [0.05, 0.1) is 30.5 Å². The zero-order valence-electron chi connectivity index (χ0n) is 18.3. The molecule has 2 N–H and O–H groups in total. The van der Waals surface area contributed by atoms with E-state index in [4.69, 9.17) is 14.5 Å². The maximum absolute atomic E-state index is 12.4. The molecule has 0 unspecified atom stereocenters. The van der Waals surface area contributed by atoms with Gasteiger partial charge in [0.1, 0.15) is 0 Å².